The molecule has 1 amide bonds. The molecule has 0 bridgehead atoms. The molecule has 0 unspecified atom stereocenters. The van der Waals surface area contributed by atoms with Crippen LogP contribution < -0.4 is 10.8 Å². The zero-order valence-electron chi connectivity index (χ0n) is 13.1. The Balaban J connectivity index is 1.84. The summed E-state index contributed by atoms with van der Waals surface area (Å²) in [7, 11) is 0.242. The van der Waals surface area contributed by atoms with Gasteiger partial charge in [0.25, 0.3) is 5.91 Å². The fourth-order valence-electron chi connectivity index (χ4n) is 2.61. The molecule has 0 spiro atoms. The highest BCUT2D eigenvalue weighted by atomic mass is 16.5. The number of methoxy groups -OCH3 is 1. The van der Waals surface area contributed by atoms with Gasteiger partial charge in [0.2, 0.25) is 0 Å². The van der Waals surface area contributed by atoms with Gasteiger partial charge in [-0.2, -0.15) is 0 Å². The van der Waals surface area contributed by atoms with E-state index < -0.39 is 25.0 Å². The summed E-state index contributed by atoms with van der Waals surface area (Å²) < 4.78 is 9.89. The Morgan fingerprint density at radius 2 is 2.00 bits per heavy atom. The van der Waals surface area contributed by atoms with Gasteiger partial charge >= 0.3 is 13.1 Å². The van der Waals surface area contributed by atoms with Crippen molar-refractivity contribution >= 4 is 24.5 Å². The summed E-state index contributed by atoms with van der Waals surface area (Å²) in [4.78, 5) is 24.5. The van der Waals surface area contributed by atoms with Crippen molar-refractivity contribution in [3.05, 3.63) is 65.2 Å². The molecular formula is C17H16BNO5. The molecule has 6 nitrogen and oxygen atoms in total. The third kappa shape index (κ3) is 3.17. The van der Waals surface area contributed by atoms with Crippen molar-refractivity contribution in [1.82, 2.24) is 5.32 Å². The van der Waals surface area contributed by atoms with Crippen LogP contribution in [-0.2, 0) is 20.8 Å². The van der Waals surface area contributed by atoms with E-state index in [1.807, 2.05) is 6.07 Å². The Bertz CT molecular complexity index is 765. The summed E-state index contributed by atoms with van der Waals surface area (Å²) in [6.07, 6.45) is 0. The number of fused-ring (bicyclic) bond motifs is 1. The van der Waals surface area contributed by atoms with E-state index in [4.69, 9.17) is 9.39 Å². The number of carbonyl (C=O) groups excluding carboxylic acids is 2. The Hall–Kier alpha value is -2.64. The molecule has 0 saturated heterocycles. The van der Waals surface area contributed by atoms with Crippen LogP contribution in [0.5, 0.6) is 0 Å². The maximum Gasteiger partial charge on any atom is 0.491 e. The van der Waals surface area contributed by atoms with Crippen LogP contribution in [0.25, 0.3) is 0 Å². The van der Waals surface area contributed by atoms with Crippen LogP contribution in [0.1, 0.15) is 27.5 Å². The molecule has 2 aromatic rings. The molecule has 0 aliphatic carbocycles. The molecule has 7 heteroatoms. The highest BCUT2D eigenvalue weighted by Crippen LogP contribution is 2.16. The number of carbonyl (C=O) groups is 2. The van der Waals surface area contributed by atoms with Crippen molar-refractivity contribution in [2.24, 2.45) is 0 Å². The summed E-state index contributed by atoms with van der Waals surface area (Å²) >= 11 is 0. The molecule has 1 aliphatic heterocycles. The minimum atomic E-state index is -1.03. The third-order valence-electron chi connectivity index (χ3n) is 3.92. The maximum atomic E-state index is 12.5. The first-order valence-electron chi connectivity index (χ1n) is 7.46. The molecule has 2 aromatic carbocycles. The molecular weight excluding hydrogens is 309 g/mol. The summed E-state index contributed by atoms with van der Waals surface area (Å²) in [6, 6.07) is 12.9. The van der Waals surface area contributed by atoms with Crippen LogP contribution in [0.3, 0.4) is 0 Å². The Morgan fingerprint density at radius 1 is 1.25 bits per heavy atom. The normalized spacial score (nSPS) is 14.0. The highest BCUT2D eigenvalue weighted by Gasteiger charge is 2.29. The fraction of sp³-hybridized carbons (Fsp3) is 0.176. The molecule has 122 valence electrons. The lowest BCUT2D eigenvalue weighted by molar-refractivity contribution is -0.143. The topological polar surface area (TPSA) is 84.9 Å². The summed E-state index contributed by atoms with van der Waals surface area (Å²) in [5.74, 6) is -0.991. The number of hydrogen-bond acceptors (Lipinski definition) is 5. The second-order valence-corrected chi connectivity index (χ2v) is 5.42. The number of amides is 1. The number of rotatable bonds is 4. The highest BCUT2D eigenvalue weighted by molar-refractivity contribution is 6.61. The molecule has 2 N–H and O–H groups in total. The van der Waals surface area contributed by atoms with Crippen molar-refractivity contribution in [3.8, 4) is 0 Å². The zero-order chi connectivity index (χ0) is 17.1. The van der Waals surface area contributed by atoms with Crippen molar-refractivity contribution in [2.75, 3.05) is 7.11 Å². The van der Waals surface area contributed by atoms with E-state index in [-0.39, 0.29) is 0 Å². The quantitative estimate of drug-likeness (QED) is 0.633. The number of ether oxygens (including phenoxy) is 1. The first-order chi connectivity index (χ1) is 11.6. The average Bonchev–Trinajstić information content (AvgIpc) is 3.00. The van der Waals surface area contributed by atoms with Crippen molar-refractivity contribution in [1.29, 1.82) is 0 Å². The SMILES string of the molecule is COC(=O)[C@H](NC(=O)c1ccc2c(c1)B(O)OC2)c1ccccc1. The van der Waals surface area contributed by atoms with E-state index in [1.165, 1.54) is 7.11 Å². The van der Waals surface area contributed by atoms with E-state index in [9.17, 15) is 14.6 Å². The predicted octanol–water partition coefficient (Wildman–Crippen LogP) is 0.548. The fourth-order valence-corrected chi connectivity index (χ4v) is 2.61. The maximum absolute atomic E-state index is 12.5. The van der Waals surface area contributed by atoms with Gasteiger partial charge in [0.05, 0.1) is 13.7 Å². The standard InChI is InChI=1S/C17H16BNO5/c1-23-17(21)15(11-5-3-2-4-6-11)19-16(20)12-7-8-13-10-24-18(22)14(13)9-12/h2-9,15,22H,10H2,1H3,(H,19,20)/t15-/m1/s1. The molecule has 1 heterocycles. The Morgan fingerprint density at radius 3 is 2.71 bits per heavy atom. The van der Waals surface area contributed by atoms with Gasteiger partial charge in [-0.3, -0.25) is 4.79 Å². The van der Waals surface area contributed by atoms with E-state index in [1.54, 1.807) is 42.5 Å². The van der Waals surface area contributed by atoms with Gasteiger partial charge in [0.1, 0.15) is 0 Å². The van der Waals surface area contributed by atoms with Gasteiger partial charge in [-0.1, -0.05) is 36.4 Å². The monoisotopic (exact) mass is 325 g/mol. The molecule has 1 aliphatic rings. The van der Waals surface area contributed by atoms with Crippen molar-refractivity contribution in [3.63, 3.8) is 0 Å². The summed E-state index contributed by atoms with van der Waals surface area (Å²) in [6.45, 7) is 0.313. The molecule has 0 fully saturated rings. The number of esters is 1. The van der Waals surface area contributed by atoms with Crippen LogP contribution in [0.15, 0.2) is 48.5 Å². The van der Waals surface area contributed by atoms with Crippen LogP contribution >= 0.6 is 0 Å². The smallest absolute Gasteiger partial charge is 0.467 e. The second kappa shape index (κ2) is 6.86. The Labute approximate surface area is 139 Å². The first-order valence-corrected chi connectivity index (χ1v) is 7.46. The van der Waals surface area contributed by atoms with Crippen molar-refractivity contribution < 1.29 is 24.0 Å². The summed E-state index contributed by atoms with van der Waals surface area (Å²) in [5.41, 5.74) is 2.37. The average molecular weight is 325 g/mol. The molecule has 1 atom stereocenters. The lowest BCUT2D eigenvalue weighted by Crippen LogP contribution is -2.35. The second-order valence-electron chi connectivity index (χ2n) is 5.42. The van der Waals surface area contributed by atoms with Gasteiger partial charge in [-0.25, -0.2) is 4.79 Å². The number of hydrogen-bond donors (Lipinski definition) is 2. The van der Waals surface area contributed by atoms with Gasteiger partial charge in [-0.15, -0.1) is 0 Å². The van der Waals surface area contributed by atoms with E-state index in [0.717, 1.165) is 5.56 Å². The van der Waals surface area contributed by atoms with Gasteiger partial charge in [-0.05, 0) is 28.7 Å². The van der Waals surface area contributed by atoms with Gasteiger partial charge in [0.15, 0.2) is 6.04 Å². The molecule has 0 radical (unpaired) electrons. The molecule has 3 rings (SSSR count). The molecule has 24 heavy (non-hydrogen) atoms. The lowest BCUT2D eigenvalue weighted by atomic mass is 9.78. The third-order valence-corrected chi connectivity index (χ3v) is 3.92. The van der Waals surface area contributed by atoms with E-state index >= 15 is 0 Å². The van der Waals surface area contributed by atoms with E-state index in [2.05, 4.69) is 5.32 Å². The largest absolute Gasteiger partial charge is 0.491 e. The van der Waals surface area contributed by atoms with Crippen LogP contribution in [0.4, 0.5) is 0 Å². The number of benzene rings is 2. The minimum Gasteiger partial charge on any atom is -0.467 e. The van der Waals surface area contributed by atoms with Crippen LogP contribution in [-0.4, -0.2) is 31.1 Å². The Kier molecular flexibility index (Phi) is 4.64. The summed E-state index contributed by atoms with van der Waals surface area (Å²) in [5, 5.41) is 12.4. The van der Waals surface area contributed by atoms with Crippen molar-refractivity contribution in [2.45, 2.75) is 12.6 Å². The zero-order valence-corrected chi connectivity index (χ0v) is 13.1. The molecule has 0 saturated carbocycles. The first kappa shape index (κ1) is 16.2. The van der Waals surface area contributed by atoms with Crippen LogP contribution in [0, 0.1) is 0 Å². The van der Waals surface area contributed by atoms with Gasteiger partial charge < -0.3 is 19.7 Å². The molecule has 0 aromatic heterocycles. The van der Waals surface area contributed by atoms with Crippen LogP contribution in [0.2, 0.25) is 0 Å². The van der Waals surface area contributed by atoms with E-state index in [0.29, 0.717) is 23.2 Å². The number of nitrogens with one attached hydrogen (secondary N) is 1. The minimum absolute atomic E-state index is 0.313. The lowest BCUT2D eigenvalue weighted by Gasteiger charge is -2.17. The predicted molar refractivity (Wildman–Crippen MR) is 87.5 cm³/mol. The van der Waals surface area contributed by atoms with Gasteiger partial charge in [0, 0.05) is 5.56 Å².